The van der Waals surface area contributed by atoms with Gasteiger partial charge in [-0.25, -0.2) is 9.38 Å². The Bertz CT molecular complexity index is 1180. The number of likely N-dealkylation sites (tertiary alicyclic amines) is 1. The van der Waals surface area contributed by atoms with Crippen LogP contribution >= 0.6 is 11.8 Å². The van der Waals surface area contributed by atoms with Crippen molar-refractivity contribution in [3.8, 4) is 5.69 Å². The van der Waals surface area contributed by atoms with Crippen LogP contribution in [0.3, 0.4) is 0 Å². The minimum atomic E-state index is -4.35. The van der Waals surface area contributed by atoms with E-state index in [1.807, 2.05) is 0 Å². The summed E-state index contributed by atoms with van der Waals surface area (Å²) < 4.78 is 54.3. The molecule has 2 fully saturated rings. The second-order valence-electron chi connectivity index (χ2n) is 9.92. The molecule has 0 spiro atoms. The molecule has 1 saturated carbocycles. The molecule has 3 aliphatic rings. The van der Waals surface area contributed by atoms with Gasteiger partial charge >= 0.3 is 6.18 Å². The first-order chi connectivity index (χ1) is 17.5. The first kappa shape index (κ1) is 25.9. The van der Waals surface area contributed by atoms with E-state index in [2.05, 4.69) is 49.9 Å². The highest BCUT2D eigenvalue weighted by atomic mass is 32.2. The van der Waals surface area contributed by atoms with E-state index in [0.29, 0.717) is 29.2 Å². The van der Waals surface area contributed by atoms with Crippen LogP contribution in [0.2, 0.25) is 0 Å². The van der Waals surface area contributed by atoms with Crippen molar-refractivity contribution >= 4 is 23.4 Å². The SMILES string of the molecule is CC1CC(C2(N)N=C(Nc3cccc(-n4nnnc4SCC(F)(F)F)c3)NC=C2F)CC(C)N1C1CC1. The summed E-state index contributed by atoms with van der Waals surface area (Å²) in [5.74, 6) is -1.53. The highest BCUT2D eigenvalue weighted by molar-refractivity contribution is 7.99. The predicted molar refractivity (Wildman–Crippen MR) is 133 cm³/mol. The molecular weight excluding hydrogens is 510 g/mol. The van der Waals surface area contributed by atoms with E-state index in [9.17, 15) is 13.2 Å². The molecule has 3 unspecified atom stereocenters. The van der Waals surface area contributed by atoms with E-state index >= 15 is 4.39 Å². The van der Waals surface area contributed by atoms with E-state index in [1.165, 1.54) is 23.7 Å². The molecule has 1 aromatic carbocycles. The number of thioether (sulfide) groups is 1. The molecule has 0 amide bonds. The van der Waals surface area contributed by atoms with E-state index in [0.717, 1.165) is 12.8 Å². The smallest absolute Gasteiger partial charge is 0.330 e. The van der Waals surface area contributed by atoms with Gasteiger partial charge in [0.25, 0.3) is 0 Å². The maximum absolute atomic E-state index is 15.1. The van der Waals surface area contributed by atoms with Gasteiger partial charge in [0, 0.05) is 35.9 Å². The van der Waals surface area contributed by atoms with Crippen LogP contribution in [0.15, 0.2) is 46.4 Å². The Kier molecular flexibility index (Phi) is 6.92. The Morgan fingerprint density at radius 1 is 1.22 bits per heavy atom. The van der Waals surface area contributed by atoms with Crippen molar-refractivity contribution in [2.45, 2.75) is 74.7 Å². The van der Waals surface area contributed by atoms with Crippen LogP contribution in [0, 0.1) is 5.92 Å². The van der Waals surface area contributed by atoms with Gasteiger partial charge in [0.15, 0.2) is 11.5 Å². The maximum atomic E-state index is 15.1. The van der Waals surface area contributed by atoms with E-state index in [1.54, 1.807) is 24.3 Å². The molecule has 1 saturated heterocycles. The van der Waals surface area contributed by atoms with Crippen molar-refractivity contribution in [2.24, 2.45) is 16.6 Å². The minimum Gasteiger partial charge on any atom is -0.330 e. The summed E-state index contributed by atoms with van der Waals surface area (Å²) in [4.78, 5) is 7.09. The Morgan fingerprint density at radius 3 is 2.62 bits per heavy atom. The Hall–Kier alpha value is -2.71. The summed E-state index contributed by atoms with van der Waals surface area (Å²) in [6, 6.07) is 7.95. The molecule has 1 aliphatic carbocycles. The lowest BCUT2D eigenvalue weighted by molar-refractivity contribution is -0.105. The molecular formula is C23H29F4N9S. The predicted octanol–water partition coefficient (Wildman–Crippen LogP) is 3.81. The number of benzene rings is 1. The van der Waals surface area contributed by atoms with Crippen LogP contribution in [0.4, 0.5) is 23.2 Å². The number of alkyl halides is 3. The molecule has 3 atom stereocenters. The summed E-state index contributed by atoms with van der Waals surface area (Å²) in [5, 5.41) is 16.9. The van der Waals surface area contributed by atoms with Gasteiger partial charge in [-0.15, -0.1) is 5.10 Å². The van der Waals surface area contributed by atoms with Gasteiger partial charge in [0.1, 0.15) is 0 Å². The average Bonchev–Trinajstić information content (AvgIpc) is 3.54. The summed E-state index contributed by atoms with van der Waals surface area (Å²) >= 11 is 0.495. The Morgan fingerprint density at radius 2 is 1.95 bits per heavy atom. The number of hydrogen-bond acceptors (Lipinski definition) is 9. The number of nitrogens with one attached hydrogen (secondary N) is 2. The lowest BCUT2D eigenvalue weighted by Crippen LogP contribution is -2.58. The fourth-order valence-electron chi connectivity index (χ4n) is 5.35. The van der Waals surface area contributed by atoms with Gasteiger partial charge in [0.05, 0.1) is 11.4 Å². The minimum absolute atomic E-state index is 0.00867. The number of piperidine rings is 1. The monoisotopic (exact) mass is 539 g/mol. The highest BCUT2D eigenvalue weighted by Gasteiger charge is 2.48. The number of hydrogen-bond donors (Lipinski definition) is 3. The molecule has 3 heterocycles. The fourth-order valence-corrected chi connectivity index (χ4v) is 6.00. The molecule has 5 rings (SSSR count). The van der Waals surface area contributed by atoms with Gasteiger partial charge in [-0.1, -0.05) is 17.8 Å². The van der Waals surface area contributed by atoms with Crippen molar-refractivity contribution < 1.29 is 17.6 Å². The number of anilines is 1. The second kappa shape index (κ2) is 9.87. The number of aromatic nitrogens is 4. The number of tetrazole rings is 1. The summed E-state index contributed by atoms with van der Waals surface area (Å²) in [7, 11) is 0. The number of halogens is 4. The summed E-state index contributed by atoms with van der Waals surface area (Å²) in [6.45, 7) is 4.34. The highest BCUT2D eigenvalue weighted by Crippen LogP contribution is 2.43. The van der Waals surface area contributed by atoms with Crippen molar-refractivity contribution in [1.29, 1.82) is 0 Å². The Balaban J connectivity index is 1.33. The largest absolute Gasteiger partial charge is 0.398 e. The van der Waals surface area contributed by atoms with Crippen LogP contribution in [0.25, 0.3) is 5.69 Å². The average molecular weight is 540 g/mol. The van der Waals surface area contributed by atoms with Gasteiger partial charge in [0.2, 0.25) is 11.1 Å². The van der Waals surface area contributed by atoms with Crippen LogP contribution < -0.4 is 16.4 Å². The third kappa shape index (κ3) is 5.60. The molecule has 9 nitrogen and oxygen atoms in total. The fraction of sp³-hybridized carbons (Fsp3) is 0.565. The van der Waals surface area contributed by atoms with Gasteiger partial charge in [-0.2, -0.15) is 17.9 Å². The number of rotatable bonds is 6. The number of guanidine groups is 1. The molecule has 37 heavy (non-hydrogen) atoms. The maximum Gasteiger partial charge on any atom is 0.398 e. The molecule has 2 aromatic rings. The number of aliphatic imine (C=N–C) groups is 1. The Labute approximate surface area is 215 Å². The third-order valence-electron chi connectivity index (χ3n) is 7.03. The summed E-state index contributed by atoms with van der Waals surface area (Å²) in [6.07, 6.45) is 0.783. The first-order valence-corrected chi connectivity index (χ1v) is 13.2. The third-order valence-corrected chi connectivity index (χ3v) is 8.02. The normalized spacial score (nSPS) is 28.9. The van der Waals surface area contributed by atoms with Crippen LogP contribution in [-0.2, 0) is 0 Å². The van der Waals surface area contributed by atoms with Crippen molar-refractivity contribution in [3.63, 3.8) is 0 Å². The van der Waals surface area contributed by atoms with Gasteiger partial charge < -0.3 is 16.4 Å². The molecule has 1 aromatic heterocycles. The van der Waals surface area contributed by atoms with Gasteiger partial charge in [-0.05, 0) is 68.2 Å². The molecule has 14 heteroatoms. The van der Waals surface area contributed by atoms with Crippen LogP contribution in [0.5, 0.6) is 0 Å². The molecule has 0 radical (unpaired) electrons. The van der Waals surface area contributed by atoms with Crippen molar-refractivity contribution in [3.05, 3.63) is 36.3 Å². The lowest BCUT2D eigenvalue weighted by Gasteiger charge is -2.47. The molecule has 2 aliphatic heterocycles. The van der Waals surface area contributed by atoms with Crippen molar-refractivity contribution in [2.75, 3.05) is 11.1 Å². The number of nitrogens with zero attached hydrogens (tertiary/aromatic N) is 6. The zero-order chi connectivity index (χ0) is 26.4. The van der Waals surface area contributed by atoms with Crippen LogP contribution in [-0.4, -0.2) is 66.8 Å². The standard InChI is InChI=1S/C23H29F4N9S/c1-13-8-15(9-14(2)35(13)17-6-7-17)23(28)19(24)11-29-20(31-23)30-16-4-3-5-18(10-16)36-21(32-33-34-36)37-12-22(25,26)27/h3-5,10-11,13-15,17H,6-9,12,28H2,1-2H3,(H2,29,30,31). The number of nitrogens with two attached hydrogens (primary N) is 1. The van der Waals surface area contributed by atoms with E-state index in [4.69, 9.17) is 5.73 Å². The van der Waals surface area contributed by atoms with E-state index < -0.39 is 23.4 Å². The lowest BCUT2D eigenvalue weighted by atomic mass is 9.78. The topological polar surface area (TPSA) is 109 Å². The van der Waals surface area contributed by atoms with E-state index in [-0.39, 0.29) is 29.1 Å². The molecule has 0 bridgehead atoms. The molecule has 200 valence electrons. The zero-order valence-corrected chi connectivity index (χ0v) is 21.2. The zero-order valence-electron chi connectivity index (χ0n) is 20.4. The molecule has 4 N–H and O–H groups in total. The quantitative estimate of drug-likeness (QED) is 0.376. The first-order valence-electron chi connectivity index (χ1n) is 12.2. The second-order valence-corrected chi connectivity index (χ2v) is 10.9. The van der Waals surface area contributed by atoms with Crippen molar-refractivity contribution in [1.82, 2.24) is 30.4 Å². The van der Waals surface area contributed by atoms with Gasteiger partial charge in [-0.3, -0.25) is 4.90 Å². The summed E-state index contributed by atoms with van der Waals surface area (Å²) in [5.41, 5.74) is 6.13. The van der Waals surface area contributed by atoms with Crippen LogP contribution in [0.1, 0.15) is 39.5 Å².